The van der Waals surface area contributed by atoms with Crippen LogP contribution in [0.5, 0.6) is 11.5 Å². The normalized spacial score (nSPS) is 21.0. The number of H-pyrrole nitrogens is 1. The number of anilines is 1. The zero-order valence-electron chi connectivity index (χ0n) is 17.8. The van der Waals surface area contributed by atoms with Crippen molar-refractivity contribution in [2.75, 3.05) is 31.6 Å². The fourth-order valence-corrected chi connectivity index (χ4v) is 5.04. The maximum Gasteiger partial charge on any atom is 0.257 e. The number of benzene rings is 1. The molecular weight excluding hydrogens is 454 g/mol. The van der Waals surface area contributed by atoms with Crippen molar-refractivity contribution in [3.63, 3.8) is 0 Å². The molecule has 1 fully saturated rings. The number of rotatable bonds is 4. The summed E-state index contributed by atoms with van der Waals surface area (Å²) in [7, 11) is 0. The lowest BCUT2D eigenvalue weighted by Crippen LogP contribution is -2.52. The predicted molar refractivity (Wildman–Crippen MR) is 120 cm³/mol. The molecule has 174 valence electrons. The Labute approximate surface area is 191 Å². The first-order valence-corrected chi connectivity index (χ1v) is 11.4. The molecule has 0 saturated carbocycles. The number of carbonyl (C=O) groups is 1. The first-order chi connectivity index (χ1) is 15.8. The number of pyridine rings is 1. The van der Waals surface area contributed by atoms with Gasteiger partial charge < -0.3 is 19.8 Å². The molecule has 5 rings (SSSR count). The molecule has 0 radical (unpaired) electrons. The van der Waals surface area contributed by atoms with Crippen molar-refractivity contribution in [2.45, 2.75) is 31.2 Å². The number of fused-ring (bicyclic) bond motifs is 2. The summed E-state index contributed by atoms with van der Waals surface area (Å²) in [4.78, 5) is 32.9. The minimum Gasteiger partial charge on any atom is -0.486 e. The highest BCUT2D eigenvalue weighted by molar-refractivity contribution is 7.22. The number of aromatic nitrogens is 2. The lowest BCUT2D eigenvalue weighted by molar-refractivity contribution is -0.125. The predicted octanol–water partition coefficient (Wildman–Crippen LogP) is 3.21. The maximum atomic E-state index is 14.6. The van der Waals surface area contributed by atoms with Crippen LogP contribution in [-0.2, 0) is 4.79 Å². The van der Waals surface area contributed by atoms with Gasteiger partial charge in [-0.05, 0) is 12.5 Å². The minimum absolute atomic E-state index is 0.00509. The van der Waals surface area contributed by atoms with Gasteiger partial charge in [-0.15, -0.1) is 0 Å². The summed E-state index contributed by atoms with van der Waals surface area (Å²) in [5, 5.41) is 3.23. The number of piperidine rings is 1. The molecule has 2 aliphatic heterocycles. The minimum atomic E-state index is -2.93. The van der Waals surface area contributed by atoms with Crippen LogP contribution in [0.25, 0.3) is 10.2 Å². The van der Waals surface area contributed by atoms with Gasteiger partial charge in [0.25, 0.3) is 5.92 Å². The molecule has 33 heavy (non-hydrogen) atoms. The molecule has 1 amide bonds. The molecule has 1 saturated heterocycles. The summed E-state index contributed by atoms with van der Waals surface area (Å²) in [6.45, 7) is 2.72. The molecule has 2 aromatic heterocycles. The highest BCUT2D eigenvalue weighted by Crippen LogP contribution is 2.41. The van der Waals surface area contributed by atoms with E-state index < -0.39 is 17.9 Å². The molecule has 4 heterocycles. The van der Waals surface area contributed by atoms with Crippen molar-refractivity contribution < 1.29 is 23.0 Å². The summed E-state index contributed by atoms with van der Waals surface area (Å²) >= 11 is 1.31. The van der Waals surface area contributed by atoms with E-state index in [9.17, 15) is 18.4 Å². The van der Waals surface area contributed by atoms with Gasteiger partial charge in [0.05, 0.1) is 22.2 Å². The molecule has 2 atom stereocenters. The van der Waals surface area contributed by atoms with Crippen LogP contribution in [0.1, 0.15) is 24.8 Å². The number of amides is 1. The number of aromatic amines is 1. The van der Waals surface area contributed by atoms with Crippen LogP contribution in [0.4, 0.5) is 13.9 Å². The Morgan fingerprint density at radius 3 is 2.79 bits per heavy atom. The monoisotopic (exact) mass is 476 g/mol. The fraction of sp³-hybridized carbons (Fsp3) is 0.409. The van der Waals surface area contributed by atoms with Gasteiger partial charge in [0, 0.05) is 43.9 Å². The second kappa shape index (κ2) is 8.38. The number of halogens is 2. The highest BCUT2D eigenvalue weighted by atomic mass is 32.1. The Morgan fingerprint density at radius 2 is 2.06 bits per heavy atom. The summed E-state index contributed by atoms with van der Waals surface area (Å²) in [5.41, 5.74) is 0.678. The van der Waals surface area contributed by atoms with E-state index in [2.05, 4.69) is 15.3 Å². The first kappa shape index (κ1) is 21.8. The second-order valence-electron chi connectivity index (χ2n) is 8.19. The smallest absolute Gasteiger partial charge is 0.257 e. The molecule has 2 aliphatic rings. The zero-order valence-corrected chi connectivity index (χ0v) is 18.6. The number of thiazole rings is 1. The van der Waals surface area contributed by atoms with Crippen LogP contribution in [0, 0.1) is 0 Å². The van der Waals surface area contributed by atoms with E-state index in [4.69, 9.17) is 9.47 Å². The van der Waals surface area contributed by atoms with Gasteiger partial charge in [-0.25, -0.2) is 13.8 Å². The number of ether oxygens (including phenoxy) is 2. The average Bonchev–Trinajstić information content (AvgIpc) is 3.18. The van der Waals surface area contributed by atoms with Gasteiger partial charge >= 0.3 is 0 Å². The van der Waals surface area contributed by atoms with Crippen molar-refractivity contribution in [3.05, 3.63) is 46.4 Å². The molecule has 11 heteroatoms. The number of hydrogen-bond acceptors (Lipinski definition) is 7. The van der Waals surface area contributed by atoms with Gasteiger partial charge in [0.15, 0.2) is 16.6 Å². The van der Waals surface area contributed by atoms with E-state index in [1.54, 1.807) is 17.9 Å². The molecule has 0 aliphatic carbocycles. The Bertz CT molecular complexity index is 1200. The summed E-state index contributed by atoms with van der Waals surface area (Å²) < 4.78 is 41.3. The van der Waals surface area contributed by atoms with Crippen molar-refractivity contribution in [1.29, 1.82) is 0 Å². The van der Waals surface area contributed by atoms with E-state index in [-0.39, 0.29) is 31.0 Å². The summed E-state index contributed by atoms with van der Waals surface area (Å²) in [6, 6.07) is 5.63. The third kappa shape index (κ3) is 4.30. The van der Waals surface area contributed by atoms with Crippen LogP contribution in [0.15, 0.2) is 35.3 Å². The topological polar surface area (TPSA) is 96.6 Å². The van der Waals surface area contributed by atoms with Crippen LogP contribution < -0.4 is 20.3 Å². The Kier molecular flexibility index (Phi) is 5.53. The van der Waals surface area contributed by atoms with Crippen molar-refractivity contribution >= 4 is 32.6 Å². The zero-order chi connectivity index (χ0) is 23.2. The van der Waals surface area contributed by atoms with Crippen molar-refractivity contribution in [3.8, 4) is 11.5 Å². The van der Waals surface area contributed by atoms with Gasteiger partial charge in [-0.2, -0.15) is 0 Å². The maximum absolute atomic E-state index is 14.6. The van der Waals surface area contributed by atoms with E-state index in [0.29, 0.717) is 40.9 Å². The van der Waals surface area contributed by atoms with Crippen LogP contribution in [0.2, 0.25) is 0 Å². The third-order valence-corrected chi connectivity index (χ3v) is 7.01. The van der Waals surface area contributed by atoms with Crippen LogP contribution >= 0.6 is 11.3 Å². The third-order valence-electron chi connectivity index (χ3n) is 6.08. The summed E-state index contributed by atoms with van der Waals surface area (Å²) in [5.74, 6) is -3.11. The SMILES string of the molecule is C[C@@H](C(=O)Nc1nc2cc3c(cc2s1)OCCO3)N1CCC(F)(F)[C@@H](c2ccc(=O)[nH]c2)C1. The van der Waals surface area contributed by atoms with Crippen LogP contribution in [-0.4, -0.2) is 59.0 Å². The molecule has 1 aromatic carbocycles. The summed E-state index contributed by atoms with van der Waals surface area (Å²) in [6.07, 6.45) is 0.949. The number of hydrogen-bond donors (Lipinski definition) is 2. The Balaban J connectivity index is 1.30. The largest absolute Gasteiger partial charge is 0.486 e. The first-order valence-electron chi connectivity index (χ1n) is 10.6. The highest BCUT2D eigenvalue weighted by Gasteiger charge is 2.46. The van der Waals surface area contributed by atoms with Gasteiger partial charge in [-0.3, -0.25) is 14.5 Å². The molecule has 0 unspecified atom stereocenters. The Hall–Kier alpha value is -3.05. The number of nitrogens with one attached hydrogen (secondary N) is 2. The molecular formula is C22H22F2N4O4S. The number of nitrogens with zero attached hydrogens (tertiary/aromatic N) is 2. The lowest BCUT2D eigenvalue weighted by Gasteiger charge is -2.40. The molecule has 0 spiro atoms. The number of carbonyl (C=O) groups excluding carboxylic acids is 1. The van der Waals surface area contributed by atoms with Gasteiger partial charge in [0.1, 0.15) is 13.2 Å². The van der Waals surface area contributed by atoms with Gasteiger partial charge in [0.2, 0.25) is 11.5 Å². The van der Waals surface area contributed by atoms with Gasteiger partial charge in [-0.1, -0.05) is 17.4 Å². The van der Waals surface area contributed by atoms with E-state index in [1.165, 1.54) is 29.7 Å². The van der Waals surface area contributed by atoms with Crippen molar-refractivity contribution in [1.82, 2.24) is 14.9 Å². The number of alkyl halides is 2. The molecule has 3 aromatic rings. The quantitative estimate of drug-likeness (QED) is 0.600. The van der Waals surface area contributed by atoms with Crippen molar-refractivity contribution in [2.24, 2.45) is 0 Å². The number of likely N-dealkylation sites (tertiary alicyclic amines) is 1. The molecule has 8 nitrogen and oxygen atoms in total. The fourth-order valence-electron chi connectivity index (χ4n) is 4.16. The molecule has 0 bridgehead atoms. The van der Waals surface area contributed by atoms with E-state index in [0.717, 1.165) is 4.70 Å². The lowest BCUT2D eigenvalue weighted by atomic mass is 9.87. The molecule has 2 N–H and O–H groups in total. The Morgan fingerprint density at radius 1 is 1.30 bits per heavy atom. The van der Waals surface area contributed by atoms with E-state index >= 15 is 0 Å². The van der Waals surface area contributed by atoms with Crippen LogP contribution in [0.3, 0.4) is 0 Å². The second-order valence-corrected chi connectivity index (χ2v) is 9.22. The van der Waals surface area contributed by atoms with E-state index in [1.807, 2.05) is 6.07 Å². The average molecular weight is 477 g/mol. The standard InChI is InChI=1S/C22H22F2N4O4S/c1-12(28-5-4-22(23,24)14(11-28)13-2-3-19(29)25-10-13)20(30)27-21-26-15-8-16-17(9-18(15)33-21)32-7-6-31-16/h2-3,8-10,12,14H,4-7,11H2,1H3,(H,25,29)(H,26,27,30)/t12-,14+/m0/s1.